The molecule has 0 unspecified atom stereocenters. The lowest BCUT2D eigenvalue weighted by Gasteiger charge is -2.04. The Morgan fingerprint density at radius 1 is 1.50 bits per heavy atom. The predicted molar refractivity (Wildman–Crippen MR) is 70.9 cm³/mol. The van der Waals surface area contributed by atoms with Gasteiger partial charge in [0.15, 0.2) is 0 Å². The molecule has 0 aliphatic heterocycles. The zero-order chi connectivity index (χ0) is 13.3. The lowest BCUT2D eigenvalue weighted by Crippen LogP contribution is -2.13. The number of carbonyl (C=O) groups excluding carboxylic acids is 1. The van der Waals surface area contributed by atoms with E-state index in [1.165, 1.54) is 6.20 Å². The molecule has 2 heterocycles. The molecule has 0 bridgehead atoms. The zero-order valence-electron chi connectivity index (χ0n) is 9.62. The quantitative estimate of drug-likeness (QED) is 0.857. The summed E-state index contributed by atoms with van der Waals surface area (Å²) in [6.45, 7) is 3.60. The standard InChI is InChI=1S/C11H9BrClN3O2/c1-5-6(2)16-18-11(5)15-10(17)8-3-7(12)4-14-9(8)13/h3-4H,1-2H3,(H,15,17). The number of hydrogen-bond donors (Lipinski definition) is 1. The molecule has 2 rings (SSSR count). The van der Waals surface area contributed by atoms with Crippen molar-refractivity contribution >= 4 is 39.3 Å². The summed E-state index contributed by atoms with van der Waals surface area (Å²) in [5.41, 5.74) is 1.77. The van der Waals surface area contributed by atoms with E-state index in [-0.39, 0.29) is 10.7 Å². The average Bonchev–Trinajstić information content (AvgIpc) is 2.64. The first-order valence-electron chi connectivity index (χ1n) is 5.04. The smallest absolute Gasteiger partial charge is 0.261 e. The first-order chi connectivity index (χ1) is 8.49. The van der Waals surface area contributed by atoms with Gasteiger partial charge in [-0.25, -0.2) is 4.98 Å². The number of nitrogens with zero attached hydrogens (tertiary/aromatic N) is 2. The maximum Gasteiger partial charge on any atom is 0.261 e. The van der Waals surface area contributed by atoms with Crippen LogP contribution in [0.2, 0.25) is 5.15 Å². The molecule has 0 spiro atoms. The van der Waals surface area contributed by atoms with Gasteiger partial charge >= 0.3 is 0 Å². The molecule has 94 valence electrons. The number of halogens is 2. The first-order valence-corrected chi connectivity index (χ1v) is 6.21. The molecular formula is C11H9BrClN3O2. The van der Waals surface area contributed by atoms with E-state index in [2.05, 4.69) is 31.4 Å². The molecular weight excluding hydrogens is 321 g/mol. The molecule has 0 saturated carbocycles. The summed E-state index contributed by atoms with van der Waals surface area (Å²) in [6, 6.07) is 1.59. The van der Waals surface area contributed by atoms with Crippen molar-refractivity contribution in [2.75, 3.05) is 5.32 Å². The molecule has 0 radical (unpaired) electrons. The monoisotopic (exact) mass is 329 g/mol. The number of rotatable bonds is 2. The lowest BCUT2D eigenvalue weighted by atomic mass is 10.2. The highest BCUT2D eigenvalue weighted by atomic mass is 79.9. The zero-order valence-corrected chi connectivity index (χ0v) is 12.0. The highest BCUT2D eigenvalue weighted by Gasteiger charge is 2.16. The van der Waals surface area contributed by atoms with E-state index < -0.39 is 5.91 Å². The van der Waals surface area contributed by atoms with Crippen LogP contribution < -0.4 is 5.32 Å². The summed E-state index contributed by atoms with van der Waals surface area (Å²) in [6.07, 6.45) is 1.52. The van der Waals surface area contributed by atoms with Crippen molar-refractivity contribution in [3.8, 4) is 0 Å². The Kier molecular flexibility index (Phi) is 3.68. The van der Waals surface area contributed by atoms with Crippen LogP contribution in [-0.2, 0) is 0 Å². The van der Waals surface area contributed by atoms with Crippen LogP contribution in [0.25, 0.3) is 0 Å². The van der Waals surface area contributed by atoms with E-state index in [9.17, 15) is 4.79 Å². The number of pyridine rings is 1. The molecule has 1 N–H and O–H groups in total. The summed E-state index contributed by atoms with van der Waals surface area (Å²) in [4.78, 5) is 15.9. The van der Waals surface area contributed by atoms with Crippen molar-refractivity contribution in [2.45, 2.75) is 13.8 Å². The Balaban J connectivity index is 2.27. The first kappa shape index (κ1) is 13.0. The number of aryl methyl sites for hydroxylation is 1. The molecule has 0 saturated heterocycles. The van der Waals surface area contributed by atoms with Crippen LogP contribution in [0.4, 0.5) is 5.88 Å². The van der Waals surface area contributed by atoms with E-state index in [1.807, 2.05) is 6.92 Å². The number of amides is 1. The molecule has 0 atom stereocenters. The van der Waals surface area contributed by atoms with Crippen LogP contribution >= 0.6 is 27.5 Å². The van der Waals surface area contributed by atoms with Crippen LogP contribution in [0, 0.1) is 13.8 Å². The van der Waals surface area contributed by atoms with Crippen molar-refractivity contribution in [2.24, 2.45) is 0 Å². The van der Waals surface area contributed by atoms with Crippen molar-refractivity contribution in [1.82, 2.24) is 10.1 Å². The highest BCUT2D eigenvalue weighted by molar-refractivity contribution is 9.10. The van der Waals surface area contributed by atoms with E-state index in [0.29, 0.717) is 10.4 Å². The molecule has 7 heteroatoms. The van der Waals surface area contributed by atoms with Gasteiger partial charge in [-0.3, -0.25) is 10.1 Å². The summed E-state index contributed by atoms with van der Waals surface area (Å²) in [5.74, 6) is -0.0819. The molecule has 0 aliphatic carbocycles. The van der Waals surface area contributed by atoms with Gasteiger partial charge in [-0.05, 0) is 35.8 Å². The third kappa shape index (κ3) is 2.54. The molecule has 0 aromatic carbocycles. The van der Waals surface area contributed by atoms with Gasteiger partial charge < -0.3 is 4.52 Å². The maximum atomic E-state index is 12.0. The van der Waals surface area contributed by atoms with Crippen molar-refractivity contribution in [3.05, 3.63) is 38.7 Å². The van der Waals surface area contributed by atoms with Gasteiger partial charge in [-0.1, -0.05) is 16.8 Å². The molecule has 0 fully saturated rings. The van der Waals surface area contributed by atoms with E-state index in [1.54, 1.807) is 13.0 Å². The van der Waals surface area contributed by atoms with Gasteiger partial charge in [0.1, 0.15) is 5.15 Å². The topological polar surface area (TPSA) is 68.0 Å². The number of hydrogen-bond acceptors (Lipinski definition) is 4. The molecule has 1 amide bonds. The van der Waals surface area contributed by atoms with Crippen LogP contribution in [0.15, 0.2) is 21.3 Å². The van der Waals surface area contributed by atoms with Crippen LogP contribution in [0.1, 0.15) is 21.6 Å². The summed E-state index contributed by atoms with van der Waals surface area (Å²) in [5, 5.41) is 6.49. The van der Waals surface area contributed by atoms with Crippen molar-refractivity contribution in [3.63, 3.8) is 0 Å². The Bertz CT molecular complexity index is 612. The minimum atomic E-state index is -0.395. The number of carbonyl (C=O) groups is 1. The van der Waals surface area contributed by atoms with Crippen molar-refractivity contribution < 1.29 is 9.32 Å². The predicted octanol–water partition coefficient (Wildman–Crippen LogP) is 3.35. The highest BCUT2D eigenvalue weighted by Crippen LogP contribution is 2.22. The lowest BCUT2D eigenvalue weighted by molar-refractivity contribution is 0.102. The second-order valence-corrected chi connectivity index (χ2v) is 4.94. The van der Waals surface area contributed by atoms with Gasteiger partial charge in [0.05, 0.1) is 11.3 Å². The fraction of sp³-hybridized carbons (Fsp3) is 0.182. The Hall–Kier alpha value is -1.40. The van der Waals surface area contributed by atoms with Crippen molar-refractivity contribution in [1.29, 1.82) is 0 Å². The normalized spacial score (nSPS) is 10.4. The molecule has 2 aromatic rings. The van der Waals surface area contributed by atoms with E-state index in [0.717, 1.165) is 11.3 Å². The number of aromatic nitrogens is 2. The van der Waals surface area contributed by atoms with Crippen LogP contribution in [0.3, 0.4) is 0 Å². The SMILES string of the molecule is Cc1noc(NC(=O)c2cc(Br)cnc2Cl)c1C. The van der Waals surface area contributed by atoms with E-state index >= 15 is 0 Å². The fourth-order valence-electron chi connectivity index (χ4n) is 1.28. The van der Waals surface area contributed by atoms with E-state index in [4.69, 9.17) is 16.1 Å². The van der Waals surface area contributed by atoms with Gasteiger partial charge in [-0.15, -0.1) is 0 Å². The Morgan fingerprint density at radius 2 is 2.22 bits per heavy atom. The molecule has 2 aromatic heterocycles. The second-order valence-electron chi connectivity index (χ2n) is 3.67. The molecule has 0 aliphatic rings. The largest absolute Gasteiger partial charge is 0.338 e. The number of anilines is 1. The van der Waals surface area contributed by atoms with Gasteiger partial charge in [0.25, 0.3) is 5.91 Å². The maximum absolute atomic E-state index is 12.0. The summed E-state index contributed by atoms with van der Waals surface area (Å²) in [7, 11) is 0. The number of nitrogens with one attached hydrogen (secondary N) is 1. The second kappa shape index (κ2) is 5.07. The molecule has 18 heavy (non-hydrogen) atoms. The van der Waals surface area contributed by atoms with Gasteiger partial charge in [0.2, 0.25) is 5.88 Å². The van der Waals surface area contributed by atoms with Gasteiger partial charge in [-0.2, -0.15) is 0 Å². The summed E-state index contributed by atoms with van der Waals surface area (Å²) >= 11 is 9.09. The van der Waals surface area contributed by atoms with Crippen LogP contribution in [-0.4, -0.2) is 16.0 Å². The Labute approximate surface area is 117 Å². The van der Waals surface area contributed by atoms with Gasteiger partial charge in [0, 0.05) is 16.2 Å². The molecule has 5 nitrogen and oxygen atoms in total. The van der Waals surface area contributed by atoms with Crippen LogP contribution in [0.5, 0.6) is 0 Å². The minimum absolute atomic E-state index is 0.129. The Morgan fingerprint density at radius 3 is 2.83 bits per heavy atom. The fourth-order valence-corrected chi connectivity index (χ4v) is 1.80. The third-order valence-corrected chi connectivity index (χ3v) is 3.17. The minimum Gasteiger partial charge on any atom is -0.338 e. The summed E-state index contributed by atoms with van der Waals surface area (Å²) < 4.78 is 5.67. The third-order valence-electron chi connectivity index (χ3n) is 2.43. The average molecular weight is 331 g/mol.